The highest BCUT2D eigenvalue weighted by atomic mass is 19.1. The van der Waals surface area contributed by atoms with E-state index in [1.54, 1.807) is 17.9 Å². The van der Waals surface area contributed by atoms with Crippen LogP contribution in [0.15, 0.2) is 35.2 Å². The first kappa shape index (κ1) is 18.1. The van der Waals surface area contributed by atoms with E-state index < -0.39 is 0 Å². The fourth-order valence-electron chi connectivity index (χ4n) is 3.28. The first-order valence-electron chi connectivity index (χ1n) is 8.76. The number of hydrogen-bond acceptors (Lipinski definition) is 4. The van der Waals surface area contributed by atoms with Crippen molar-refractivity contribution in [3.05, 3.63) is 47.9 Å². The number of amides is 2. The minimum atomic E-state index is -0.320. The summed E-state index contributed by atoms with van der Waals surface area (Å²) >= 11 is 0. The van der Waals surface area contributed by atoms with E-state index in [0.29, 0.717) is 37.2 Å². The Hall–Kier alpha value is -2.70. The second-order valence-electron chi connectivity index (χ2n) is 6.67. The largest absolute Gasteiger partial charge is 0.438 e. The van der Waals surface area contributed by atoms with Crippen molar-refractivity contribution in [2.45, 2.75) is 32.6 Å². The first-order chi connectivity index (χ1) is 12.5. The lowest BCUT2D eigenvalue weighted by molar-refractivity contribution is -0.116. The highest BCUT2D eigenvalue weighted by molar-refractivity contribution is 5.92. The molecule has 1 aliphatic heterocycles. The SMILES string of the molecule is Cc1cc(F)ccc1NC(=O)CC[C@@H]1CCCN(C(=O)c2cnco2)C1. The summed E-state index contributed by atoms with van der Waals surface area (Å²) in [5.74, 6) is -0.0536. The maximum absolute atomic E-state index is 13.1. The van der Waals surface area contributed by atoms with Gasteiger partial charge < -0.3 is 14.6 Å². The van der Waals surface area contributed by atoms with Gasteiger partial charge in [-0.25, -0.2) is 9.37 Å². The Bertz CT molecular complexity index is 776. The van der Waals surface area contributed by atoms with E-state index in [1.165, 1.54) is 24.7 Å². The van der Waals surface area contributed by atoms with Crippen LogP contribution >= 0.6 is 0 Å². The molecule has 0 radical (unpaired) electrons. The Morgan fingerprint density at radius 1 is 1.42 bits per heavy atom. The molecule has 2 amide bonds. The molecule has 7 heteroatoms. The van der Waals surface area contributed by atoms with Crippen LogP contribution in [0.2, 0.25) is 0 Å². The molecule has 3 rings (SSSR count). The molecule has 1 saturated heterocycles. The van der Waals surface area contributed by atoms with E-state index in [9.17, 15) is 14.0 Å². The molecule has 0 saturated carbocycles. The number of carbonyl (C=O) groups is 2. The van der Waals surface area contributed by atoms with Crippen LogP contribution in [-0.2, 0) is 4.79 Å². The van der Waals surface area contributed by atoms with E-state index in [-0.39, 0.29) is 29.3 Å². The van der Waals surface area contributed by atoms with Gasteiger partial charge in [0.05, 0.1) is 6.20 Å². The fourth-order valence-corrected chi connectivity index (χ4v) is 3.28. The zero-order chi connectivity index (χ0) is 18.5. The molecule has 0 aliphatic carbocycles. The number of carbonyl (C=O) groups excluding carboxylic acids is 2. The van der Waals surface area contributed by atoms with Gasteiger partial charge in [-0.2, -0.15) is 0 Å². The lowest BCUT2D eigenvalue weighted by atomic mass is 9.93. The number of rotatable bonds is 5. The summed E-state index contributed by atoms with van der Waals surface area (Å²) in [4.78, 5) is 30.1. The molecule has 0 unspecified atom stereocenters. The number of hydrogen-bond donors (Lipinski definition) is 1. The van der Waals surface area contributed by atoms with Gasteiger partial charge in [-0.1, -0.05) is 0 Å². The summed E-state index contributed by atoms with van der Waals surface area (Å²) in [6.07, 6.45) is 5.63. The van der Waals surface area contributed by atoms with Gasteiger partial charge in [0.15, 0.2) is 6.39 Å². The van der Waals surface area contributed by atoms with E-state index >= 15 is 0 Å². The van der Waals surface area contributed by atoms with Crippen LogP contribution in [0.3, 0.4) is 0 Å². The number of aryl methyl sites for hydroxylation is 1. The number of benzene rings is 1. The maximum atomic E-state index is 13.1. The number of piperidine rings is 1. The number of anilines is 1. The normalized spacial score (nSPS) is 17.2. The lowest BCUT2D eigenvalue weighted by Crippen LogP contribution is -2.40. The molecule has 0 spiro atoms. The van der Waals surface area contributed by atoms with Crippen molar-refractivity contribution >= 4 is 17.5 Å². The number of halogens is 1. The molecule has 1 N–H and O–H groups in total. The van der Waals surface area contributed by atoms with Crippen LogP contribution in [0.1, 0.15) is 41.8 Å². The Labute approximate surface area is 151 Å². The zero-order valence-electron chi connectivity index (χ0n) is 14.7. The molecule has 1 fully saturated rings. The van der Waals surface area contributed by atoms with Gasteiger partial charge in [-0.05, 0) is 55.9 Å². The minimum Gasteiger partial charge on any atom is -0.438 e. The summed E-state index contributed by atoms with van der Waals surface area (Å²) in [6.45, 7) is 3.06. The topological polar surface area (TPSA) is 75.4 Å². The minimum absolute atomic E-state index is 0.0987. The van der Waals surface area contributed by atoms with Crippen molar-refractivity contribution in [1.29, 1.82) is 0 Å². The van der Waals surface area contributed by atoms with Gasteiger partial charge in [0.25, 0.3) is 5.91 Å². The van der Waals surface area contributed by atoms with Gasteiger partial charge in [0.1, 0.15) is 5.82 Å². The molecule has 1 aromatic heterocycles. The summed E-state index contributed by atoms with van der Waals surface area (Å²) in [7, 11) is 0. The monoisotopic (exact) mass is 359 g/mol. The first-order valence-corrected chi connectivity index (χ1v) is 8.76. The van der Waals surface area contributed by atoms with Crippen LogP contribution in [0, 0.1) is 18.7 Å². The van der Waals surface area contributed by atoms with Gasteiger partial charge in [-0.15, -0.1) is 0 Å². The number of oxazole rings is 1. The Morgan fingerprint density at radius 3 is 3.00 bits per heavy atom. The summed E-state index contributed by atoms with van der Waals surface area (Å²) in [6, 6.07) is 4.29. The van der Waals surface area contributed by atoms with E-state index in [2.05, 4.69) is 10.3 Å². The molecular formula is C19H22FN3O3. The number of likely N-dealkylation sites (tertiary alicyclic amines) is 1. The predicted octanol–water partition coefficient (Wildman–Crippen LogP) is 3.39. The van der Waals surface area contributed by atoms with Crippen LogP contribution in [0.4, 0.5) is 10.1 Å². The quantitative estimate of drug-likeness (QED) is 0.888. The Balaban J connectivity index is 1.49. The van der Waals surface area contributed by atoms with Crippen LogP contribution in [0.5, 0.6) is 0 Å². The van der Waals surface area contributed by atoms with Crippen molar-refractivity contribution < 1.29 is 18.4 Å². The summed E-state index contributed by atoms with van der Waals surface area (Å²) in [5.41, 5.74) is 1.32. The van der Waals surface area contributed by atoms with Gasteiger partial charge >= 0.3 is 0 Å². The molecular weight excluding hydrogens is 337 g/mol. The van der Waals surface area contributed by atoms with E-state index in [4.69, 9.17) is 4.42 Å². The standard InChI is InChI=1S/C19H22FN3O3/c1-13-9-15(20)5-6-16(13)22-18(24)7-4-14-3-2-8-23(11-14)19(25)17-10-21-12-26-17/h5-6,9-10,12,14H,2-4,7-8,11H2,1H3,(H,22,24)/t14-/m0/s1. The molecule has 1 aliphatic rings. The summed E-state index contributed by atoms with van der Waals surface area (Å²) < 4.78 is 18.2. The van der Waals surface area contributed by atoms with Crippen LogP contribution < -0.4 is 5.32 Å². The highest BCUT2D eigenvalue weighted by Crippen LogP contribution is 2.23. The molecule has 2 aromatic rings. The van der Waals surface area contributed by atoms with Crippen molar-refractivity contribution in [2.24, 2.45) is 5.92 Å². The second kappa shape index (κ2) is 8.12. The molecule has 0 bridgehead atoms. The molecule has 1 atom stereocenters. The third-order valence-corrected chi connectivity index (χ3v) is 4.69. The second-order valence-corrected chi connectivity index (χ2v) is 6.67. The smallest absolute Gasteiger partial charge is 0.291 e. The van der Waals surface area contributed by atoms with Gasteiger partial charge in [-0.3, -0.25) is 9.59 Å². The van der Waals surface area contributed by atoms with E-state index in [0.717, 1.165) is 12.8 Å². The summed E-state index contributed by atoms with van der Waals surface area (Å²) in [5, 5.41) is 2.82. The van der Waals surface area contributed by atoms with Crippen LogP contribution in [-0.4, -0.2) is 34.8 Å². The molecule has 6 nitrogen and oxygen atoms in total. The van der Waals surface area contributed by atoms with E-state index in [1.807, 2.05) is 0 Å². The average molecular weight is 359 g/mol. The number of nitrogens with zero attached hydrogens (tertiary/aromatic N) is 2. The maximum Gasteiger partial charge on any atom is 0.291 e. The number of nitrogens with one attached hydrogen (secondary N) is 1. The molecule has 26 heavy (non-hydrogen) atoms. The lowest BCUT2D eigenvalue weighted by Gasteiger charge is -2.32. The van der Waals surface area contributed by atoms with Crippen molar-refractivity contribution in [3.63, 3.8) is 0 Å². The third-order valence-electron chi connectivity index (χ3n) is 4.69. The molecule has 2 heterocycles. The fraction of sp³-hybridized carbons (Fsp3) is 0.421. The van der Waals surface area contributed by atoms with Crippen molar-refractivity contribution in [1.82, 2.24) is 9.88 Å². The van der Waals surface area contributed by atoms with Gasteiger partial charge in [0.2, 0.25) is 11.7 Å². The Morgan fingerprint density at radius 2 is 2.27 bits per heavy atom. The number of aromatic nitrogens is 1. The molecule has 138 valence electrons. The predicted molar refractivity (Wildman–Crippen MR) is 94.1 cm³/mol. The Kier molecular flexibility index (Phi) is 5.65. The third kappa shape index (κ3) is 4.47. The average Bonchev–Trinajstić information content (AvgIpc) is 3.17. The van der Waals surface area contributed by atoms with Crippen molar-refractivity contribution in [2.75, 3.05) is 18.4 Å². The zero-order valence-corrected chi connectivity index (χ0v) is 14.7. The molecule has 1 aromatic carbocycles. The van der Waals surface area contributed by atoms with Gasteiger partial charge in [0, 0.05) is 25.2 Å². The van der Waals surface area contributed by atoms with Crippen molar-refractivity contribution in [3.8, 4) is 0 Å². The van der Waals surface area contributed by atoms with Crippen LogP contribution in [0.25, 0.3) is 0 Å². The highest BCUT2D eigenvalue weighted by Gasteiger charge is 2.26.